The van der Waals surface area contributed by atoms with Crippen LogP contribution in [0.3, 0.4) is 0 Å². The largest absolute Gasteiger partial charge is 0.508 e. The molecule has 0 amide bonds. The predicted octanol–water partition coefficient (Wildman–Crippen LogP) is 2.31. The summed E-state index contributed by atoms with van der Waals surface area (Å²) in [7, 11) is 2.20. The second kappa shape index (κ2) is 3.80. The number of fused-ring (bicyclic) bond motifs is 4. The SMILES string of the molecule is Br.CN1CC2CC1Cc1ccc(O)cc12. The van der Waals surface area contributed by atoms with E-state index in [1.54, 1.807) is 0 Å². The average molecular weight is 270 g/mol. The number of phenols is 1. The standard InChI is InChI=1S/C12H15NO.BrH/c1-13-7-9-5-10(13)4-8-2-3-11(14)6-12(8)9;/h2-3,6,9-10,14H,4-5,7H2,1H3;1H. The van der Waals surface area contributed by atoms with E-state index < -0.39 is 0 Å². The van der Waals surface area contributed by atoms with Crippen LogP contribution < -0.4 is 0 Å². The van der Waals surface area contributed by atoms with Crippen molar-refractivity contribution in [1.82, 2.24) is 4.90 Å². The van der Waals surface area contributed by atoms with E-state index >= 15 is 0 Å². The summed E-state index contributed by atoms with van der Waals surface area (Å²) >= 11 is 0. The van der Waals surface area contributed by atoms with Gasteiger partial charge in [0.05, 0.1) is 0 Å². The second-order valence-electron chi connectivity index (χ2n) is 4.61. The van der Waals surface area contributed by atoms with Crippen LogP contribution in [-0.2, 0) is 6.42 Å². The highest BCUT2D eigenvalue weighted by Crippen LogP contribution is 2.40. The van der Waals surface area contributed by atoms with Crippen molar-refractivity contribution in [2.45, 2.75) is 24.8 Å². The number of hydrogen-bond donors (Lipinski definition) is 1. The average Bonchev–Trinajstić information content (AvgIpc) is 2.46. The first-order valence-corrected chi connectivity index (χ1v) is 5.26. The first-order chi connectivity index (χ1) is 6.74. The Hall–Kier alpha value is -0.540. The molecular weight excluding hydrogens is 254 g/mol. The van der Waals surface area contributed by atoms with Gasteiger partial charge in [-0.2, -0.15) is 0 Å². The van der Waals surface area contributed by atoms with Gasteiger partial charge in [-0.15, -0.1) is 17.0 Å². The smallest absolute Gasteiger partial charge is 0.115 e. The van der Waals surface area contributed by atoms with Gasteiger partial charge in [0.2, 0.25) is 0 Å². The maximum atomic E-state index is 9.47. The number of likely N-dealkylation sites (tertiary alicyclic amines) is 1. The zero-order valence-electron chi connectivity index (χ0n) is 8.81. The molecule has 2 unspecified atom stereocenters. The number of phenolic OH excluding ortho intramolecular Hbond substituents is 1. The van der Waals surface area contributed by atoms with Gasteiger partial charge in [0, 0.05) is 12.6 Å². The minimum Gasteiger partial charge on any atom is -0.508 e. The summed E-state index contributed by atoms with van der Waals surface area (Å²) in [6, 6.07) is 6.58. The highest BCUT2D eigenvalue weighted by Gasteiger charge is 2.36. The van der Waals surface area contributed by atoms with Crippen LogP contribution in [0.4, 0.5) is 0 Å². The lowest BCUT2D eigenvalue weighted by Crippen LogP contribution is -2.26. The van der Waals surface area contributed by atoms with Gasteiger partial charge in [-0.25, -0.2) is 0 Å². The van der Waals surface area contributed by atoms with Crippen LogP contribution in [0, 0.1) is 0 Å². The molecule has 0 saturated carbocycles. The molecular formula is C12H16BrNO. The normalized spacial score (nSPS) is 28.3. The summed E-state index contributed by atoms with van der Waals surface area (Å²) in [5.41, 5.74) is 2.82. The topological polar surface area (TPSA) is 23.5 Å². The molecule has 2 bridgehead atoms. The number of hydrogen-bond acceptors (Lipinski definition) is 2. The first kappa shape index (κ1) is 11.0. The van der Waals surface area contributed by atoms with Gasteiger partial charge in [0.25, 0.3) is 0 Å². The molecule has 1 saturated heterocycles. The van der Waals surface area contributed by atoms with Gasteiger partial charge < -0.3 is 10.0 Å². The van der Waals surface area contributed by atoms with E-state index in [4.69, 9.17) is 0 Å². The minimum atomic E-state index is 0. The molecule has 0 spiro atoms. The zero-order chi connectivity index (χ0) is 9.71. The molecule has 1 N–H and O–H groups in total. The Morgan fingerprint density at radius 1 is 1.40 bits per heavy atom. The Labute approximate surface area is 101 Å². The van der Waals surface area contributed by atoms with Gasteiger partial charge in [-0.1, -0.05) is 6.07 Å². The fourth-order valence-corrected chi connectivity index (χ4v) is 2.95. The van der Waals surface area contributed by atoms with Gasteiger partial charge in [-0.05, 0) is 49.1 Å². The molecule has 3 heteroatoms. The van der Waals surface area contributed by atoms with Crippen LogP contribution in [0.1, 0.15) is 23.5 Å². The highest BCUT2D eigenvalue weighted by atomic mass is 79.9. The summed E-state index contributed by atoms with van der Waals surface area (Å²) in [6.45, 7) is 1.15. The molecule has 0 aromatic heterocycles. The number of aromatic hydroxyl groups is 1. The van der Waals surface area contributed by atoms with Crippen LogP contribution >= 0.6 is 17.0 Å². The Morgan fingerprint density at radius 2 is 2.20 bits per heavy atom. The van der Waals surface area contributed by atoms with Crippen molar-refractivity contribution in [2.24, 2.45) is 0 Å². The van der Waals surface area contributed by atoms with Crippen LogP contribution in [0.25, 0.3) is 0 Å². The third-order valence-electron chi connectivity index (χ3n) is 3.71. The Morgan fingerprint density at radius 3 is 3.00 bits per heavy atom. The van der Waals surface area contributed by atoms with Crippen molar-refractivity contribution < 1.29 is 5.11 Å². The summed E-state index contributed by atoms with van der Waals surface area (Å²) < 4.78 is 0. The molecule has 2 nitrogen and oxygen atoms in total. The Kier molecular flexibility index (Phi) is 2.77. The summed E-state index contributed by atoms with van der Waals surface area (Å²) in [5.74, 6) is 1.07. The molecule has 2 aliphatic rings. The molecule has 82 valence electrons. The minimum absolute atomic E-state index is 0. The molecule has 3 rings (SSSR count). The lowest BCUT2D eigenvalue weighted by Gasteiger charge is -2.23. The molecule has 1 aliphatic carbocycles. The third kappa shape index (κ3) is 1.68. The lowest BCUT2D eigenvalue weighted by atomic mass is 9.83. The van der Waals surface area contributed by atoms with Crippen LogP contribution in [0.2, 0.25) is 0 Å². The van der Waals surface area contributed by atoms with E-state index in [1.165, 1.54) is 17.5 Å². The predicted molar refractivity (Wildman–Crippen MR) is 65.9 cm³/mol. The molecule has 2 atom stereocenters. The summed E-state index contributed by atoms with van der Waals surface area (Å²) in [5, 5.41) is 9.47. The van der Waals surface area contributed by atoms with Crippen molar-refractivity contribution in [3.8, 4) is 5.75 Å². The number of rotatable bonds is 0. The van der Waals surface area contributed by atoms with Crippen molar-refractivity contribution in [1.29, 1.82) is 0 Å². The molecule has 1 aromatic rings. The van der Waals surface area contributed by atoms with E-state index in [2.05, 4.69) is 18.0 Å². The maximum absolute atomic E-state index is 9.47. The van der Waals surface area contributed by atoms with Crippen LogP contribution in [-0.4, -0.2) is 29.6 Å². The van der Waals surface area contributed by atoms with E-state index in [9.17, 15) is 5.11 Å². The van der Waals surface area contributed by atoms with Crippen molar-refractivity contribution >= 4 is 17.0 Å². The maximum Gasteiger partial charge on any atom is 0.115 e. The van der Waals surface area contributed by atoms with Gasteiger partial charge in [0.15, 0.2) is 0 Å². The van der Waals surface area contributed by atoms with Crippen molar-refractivity contribution in [3.05, 3.63) is 29.3 Å². The van der Waals surface area contributed by atoms with Crippen LogP contribution in [0.15, 0.2) is 18.2 Å². The lowest BCUT2D eigenvalue weighted by molar-refractivity contribution is 0.311. The van der Waals surface area contributed by atoms with Gasteiger partial charge in [0.1, 0.15) is 5.75 Å². The molecule has 1 aromatic carbocycles. The Balaban J connectivity index is 0.000000853. The number of nitrogens with zero attached hydrogens (tertiary/aromatic N) is 1. The monoisotopic (exact) mass is 269 g/mol. The first-order valence-electron chi connectivity index (χ1n) is 5.26. The van der Waals surface area contributed by atoms with Gasteiger partial charge in [-0.3, -0.25) is 0 Å². The van der Waals surface area contributed by atoms with Crippen molar-refractivity contribution in [3.63, 3.8) is 0 Å². The number of likely N-dealkylation sites (N-methyl/N-ethyl adjacent to an activating group) is 1. The molecule has 1 aliphatic heterocycles. The van der Waals surface area contributed by atoms with Crippen LogP contribution in [0.5, 0.6) is 5.75 Å². The fraction of sp³-hybridized carbons (Fsp3) is 0.500. The summed E-state index contributed by atoms with van der Waals surface area (Å²) in [4.78, 5) is 2.45. The van der Waals surface area contributed by atoms with E-state index in [0.29, 0.717) is 11.7 Å². The third-order valence-corrected chi connectivity index (χ3v) is 3.71. The molecule has 1 fully saturated rings. The number of halogens is 1. The quantitative estimate of drug-likeness (QED) is 0.782. The molecule has 15 heavy (non-hydrogen) atoms. The molecule has 1 heterocycles. The fourth-order valence-electron chi connectivity index (χ4n) is 2.95. The second-order valence-corrected chi connectivity index (χ2v) is 4.61. The van der Waals surface area contributed by atoms with E-state index in [1.807, 2.05) is 12.1 Å². The number of benzene rings is 1. The van der Waals surface area contributed by atoms with Crippen molar-refractivity contribution in [2.75, 3.05) is 13.6 Å². The van der Waals surface area contributed by atoms with E-state index in [-0.39, 0.29) is 17.0 Å². The van der Waals surface area contributed by atoms with Gasteiger partial charge >= 0.3 is 0 Å². The van der Waals surface area contributed by atoms with E-state index in [0.717, 1.165) is 19.0 Å². The summed E-state index contributed by atoms with van der Waals surface area (Å²) in [6.07, 6.45) is 2.43. The highest BCUT2D eigenvalue weighted by molar-refractivity contribution is 8.93. The zero-order valence-corrected chi connectivity index (χ0v) is 10.5. The Bertz CT molecular complexity index is 378. The molecule has 0 radical (unpaired) electrons.